The average Bonchev–Trinajstić information content (AvgIpc) is 2.82. The molecule has 3 N–H and O–H groups in total. The van der Waals surface area contributed by atoms with Crippen molar-refractivity contribution in [1.82, 2.24) is 20.8 Å². The van der Waals surface area contributed by atoms with Gasteiger partial charge in [0, 0.05) is 24.2 Å². The van der Waals surface area contributed by atoms with Crippen LogP contribution < -0.4 is 10.6 Å². The summed E-state index contributed by atoms with van der Waals surface area (Å²) < 4.78 is 0. The summed E-state index contributed by atoms with van der Waals surface area (Å²) in [6.45, 7) is 1.85. The van der Waals surface area contributed by atoms with Gasteiger partial charge in [-0.1, -0.05) is 0 Å². The van der Waals surface area contributed by atoms with Crippen LogP contribution in [0.15, 0.2) is 6.07 Å². The molecule has 86 valence electrons. The van der Waals surface area contributed by atoms with E-state index in [-0.39, 0.29) is 11.9 Å². The first-order valence-corrected chi connectivity index (χ1v) is 5.90. The zero-order valence-electron chi connectivity index (χ0n) is 9.12. The first-order chi connectivity index (χ1) is 7.83. The highest BCUT2D eigenvalue weighted by atomic mass is 16.2. The van der Waals surface area contributed by atoms with Crippen molar-refractivity contribution in [3.05, 3.63) is 17.5 Å². The van der Waals surface area contributed by atoms with Crippen LogP contribution >= 0.6 is 0 Å². The van der Waals surface area contributed by atoms with Gasteiger partial charge in [0.15, 0.2) is 0 Å². The molecule has 1 saturated carbocycles. The van der Waals surface area contributed by atoms with E-state index < -0.39 is 0 Å². The van der Waals surface area contributed by atoms with Gasteiger partial charge in [0.25, 0.3) is 5.91 Å². The monoisotopic (exact) mass is 220 g/mol. The molecule has 2 fully saturated rings. The first kappa shape index (κ1) is 9.84. The molecule has 2 heterocycles. The lowest BCUT2D eigenvalue weighted by Gasteiger charge is -2.08. The molecule has 16 heavy (non-hydrogen) atoms. The van der Waals surface area contributed by atoms with E-state index in [4.69, 9.17) is 0 Å². The highest BCUT2D eigenvalue weighted by Gasteiger charge is 2.27. The van der Waals surface area contributed by atoms with Crippen molar-refractivity contribution in [2.24, 2.45) is 0 Å². The van der Waals surface area contributed by atoms with E-state index >= 15 is 0 Å². The number of carbonyl (C=O) groups excluding carboxylic acids is 1. The predicted octanol–water partition coefficient (Wildman–Crippen LogP) is 0.379. The summed E-state index contributed by atoms with van der Waals surface area (Å²) in [5.41, 5.74) is 1.63. The summed E-state index contributed by atoms with van der Waals surface area (Å²) in [6.07, 6.45) is 3.44. The second-order valence-electron chi connectivity index (χ2n) is 4.65. The van der Waals surface area contributed by atoms with Gasteiger partial charge < -0.3 is 10.6 Å². The largest absolute Gasteiger partial charge is 0.347 e. The van der Waals surface area contributed by atoms with Crippen LogP contribution in [0, 0.1) is 0 Å². The van der Waals surface area contributed by atoms with Crippen LogP contribution in [-0.2, 0) is 0 Å². The van der Waals surface area contributed by atoms with Gasteiger partial charge in [-0.3, -0.25) is 9.89 Å². The molecule has 1 aliphatic heterocycles. The first-order valence-electron chi connectivity index (χ1n) is 5.90. The van der Waals surface area contributed by atoms with E-state index in [1.54, 1.807) is 0 Å². The van der Waals surface area contributed by atoms with Crippen LogP contribution in [0.5, 0.6) is 0 Å². The molecule has 3 rings (SSSR count). The molecule has 0 bridgehead atoms. The smallest absolute Gasteiger partial charge is 0.272 e. The Morgan fingerprint density at radius 2 is 2.31 bits per heavy atom. The van der Waals surface area contributed by atoms with Gasteiger partial charge in [0.05, 0.1) is 0 Å². The Morgan fingerprint density at radius 1 is 1.44 bits per heavy atom. The number of hydrogen-bond donors (Lipinski definition) is 3. The van der Waals surface area contributed by atoms with Crippen molar-refractivity contribution >= 4 is 5.91 Å². The number of nitrogens with one attached hydrogen (secondary N) is 3. The van der Waals surface area contributed by atoms with Gasteiger partial charge in [-0.2, -0.15) is 5.10 Å². The van der Waals surface area contributed by atoms with Crippen LogP contribution in [0.1, 0.15) is 41.4 Å². The van der Waals surface area contributed by atoms with Gasteiger partial charge in [-0.25, -0.2) is 0 Å². The van der Waals surface area contributed by atoms with E-state index in [0.29, 0.717) is 11.6 Å². The molecule has 1 aromatic rings. The molecular weight excluding hydrogens is 204 g/mol. The molecule has 1 aromatic heterocycles. The SMILES string of the molecule is O=C(NC1CCNC1)c1cc(C2CC2)[nH]n1. The third-order valence-electron chi connectivity index (χ3n) is 3.24. The molecule has 2 aliphatic rings. The number of aromatic nitrogens is 2. The Balaban J connectivity index is 1.63. The lowest BCUT2D eigenvalue weighted by Crippen LogP contribution is -2.36. The Hall–Kier alpha value is -1.36. The second-order valence-corrected chi connectivity index (χ2v) is 4.65. The third-order valence-corrected chi connectivity index (χ3v) is 3.24. The molecule has 5 nitrogen and oxygen atoms in total. The number of carbonyl (C=O) groups is 1. The maximum atomic E-state index is 11.8. The number of aromatic amines is 1. The molecule has 0 aromatic carbocycles. The molecule has 1 saturated heterocycles. The summed E-state index contributed by atoms with van der Waals surface area (Å²) >= 11 is 0. The van der Waals surface area contributed by atoms with Crippen molar-refractivity contribution in [3.8, 4) is 0 Å². The van der Waals surface area contributed by atoms with Gasteiger partial charge in [-0.15, -0.1) is 0 Å². The molecule has 0 radical (unpaired) electrons. The van der Waals surface area contributed by atoms with Crippen LogP contribution in [0.2, 0.25) is 0 Å². The fourth-order valence-corrected chi connectivity index (χ4v) is 2.09. The Bertz CT molecular complexity index is 390. The topological polar surface area (TPSA) is 69.8 Å². The maximum Gasteiger partial charge on any atom is 0.272 e. The summed E-state index contributed by atoms with van der Waals surface area (Å²) in [5, 5.41) is 13.2. The third kappa shape index (κ3) is 1.95. The molecule has 1 amide bonds. The molecule has 1 atom stereocenters. The van der Waals surface area contributed by atoms with Gasteiger partial charge in [0.2, 0.25) is 0 Å². The highest BCUT2D eigenvalue weighted by molar-refractivity contribution is 5.92. The Morgan fingerprint density at radius 3 is 3.00 bits per heavy atom. The summed E-state index contributed by atoms with van der Waals surface area (Å²) in [7, 11) is 0. The van der Waals surface area contributed by atoms with Crippen LogP contribution in [0.4, 0.5) is 0 Å². The number of H-pyrrole nitrogens is 1. The fourth-order valence-electron chi connectivity index (χ4n) is 2.09. The minimum atomic E-state index is -0.0585. The zero-order valence-corrected chi connectivity index (χ0v) is 9.12. The van der Waals surface area contributed by atoms with E-state index in [1.807, 2.05) is 6.07 Å². The maximum absolute atomic E-state index is 11.8. The van der Waals surface area contributed by atoms with Crippen LogP contribution in [0.25, 0.3) is 0 Å². The van der Waals surface area contributed by atoms with Crippen molar-refractivity contribution in [2.75, 3.05) is 13.1 Å². The molecular formula is C11H16N4O. The van der Waals surface area contributed by atoms with E-state index in [2.05, 4.69) is 20.8 Å². The lowest BCUT2D eigenvalue weighted by atomic mass is 10.2. The van der Waals surface area contributed by atoms with Crippen molar-refractivity contribution in [2.45, 2.75) is 31.2 Å². The molecule has 1 unspecified atom stereocenters. The van der Waals surface area contributed by atoms with E-state index in [0.717, 1.165) is 25.2 Å². The Kier molecular flexibility index (Phi) is 2.40. The summed E-state index contributed by atoms with van der Waals surface area (Å²) in [6, 6.07) is 2.14. The minimum Gasteiger partial charge on any atom is -0.347 e. The zero-order chi connectivity index (χ0) is 11.0. The van der Waals surface area contributed by atoms with Gasteiger partial charge in [0.1, 0.15) is 5.69 Å². The minimum absolute atomic E-state index is 0.0585. The van der Waals surface area contributed by atoms with Crippen LogP contribution in [-0.4, -0.2) is 35.2 Å². The summed E-state index contributed by atoms with van der Waals surface area (Å²) in [5.74, 6) is 0.555. The number of nitrogens with zero attached hydrogens (tertiary/aromatic N) is 1. The van der Waals surface area contributed by atoms with Crippen molar-refractivity contribution < 1.29 is 4.79 Å². The normalized spacial score (nSPS) is 24.6. The fraction of sp³-hybridized carbons (Fsp3) is 0.636. The second kappa shape index (κ2) is 3.90. The van der Waals surface area contributed by atoms with Gasteiger partial charge in [-0.05, 0) is 31.9 Å². The summed E-state index contributed by atoms with van der Waals surface area (Å²) in [4.78, 5) is 11.8. The molecule has 5 heteroatoms. The van der Waals surface area contributed by atoms with Crippen molar-refractivity contribution in [1.29, 1.82) is 0 Å². The number of hydrogen-bond acceptors (Lipinski definition) is 3. The predicted molar refractivity (Wildman–Crippen MR) is 59.3 cm³/mol. The van der Waals surface area contributed by atoms with E-state index in [1.165, 1.54) is 12.8 Å². The van der Waals surface area contributed by atoms with E-state index in [9.17, 15) is 4.79 Å². The van der Waals surface area contributed by atoms with Crippen LogP contribution in [0.3, 0.4) is 0 Å². The quantitative estimate of drug-likeness (QED) is 0.689. The Labute approximate surface area is 94.0 Å². The molecule has 1 aliphatic carbocycles. The number of amides is 1. The van der Waals surface area contributed by atoms with Crippen molar-refractivity contribution in [3.63, 3.8) is 0 Å². The van der Waals surface area contributed by atoms with Gasteiger partial charge >= 0.3 is 0 Å². The highest BCUT2D eigenvalue weighted by Crippen LogP contribution is 2.38. The average molecular weight is 220 g/mol. The standard InChI is InChI=1S/C11H16N4O/c16-11(13-8-3-4-12-6-8)10-5-9(14-15-10)7-1-2-7/h5,7-8,12H,1-4,6H2,(H,13,16)(H,14,15). The number of rotatable bonds is 3. The molecule has 0 spiro atoms. The lowest BCUT2D eigenvalue weighted by molar-refractivity contribution is 0.0935.